The predicted molar refractivity (Wildman–Crippen MR) is 46.3 cm³/mol. The summed E-state index contributed by atoms with van der Waals surface area (Å²) in [6.07, 6.45) is 3.51. The molecule has 0 aliphatic carbocycles. The first-order valence-electron chi connectivity index (χ1n) is 3.33. The summed E-state index contributed by atoms with van der Waals surface area (Å²) in [7, 11) is 1.87. The van der Waals surface area contributed by atoms with Crippen LogP contribution in [0.3, 0.4) is 0 Å². The van der Waals surface area contributed by atoms with Crippen LogP contribution in [0.25, 0.3) is 0 Å². The molecule has 0 spiro atoms. The fourth-order valence-corrected chi connectivity index (χ4v) is 1.41. The third kappa shape index (κ3) is 2.24. The maximum Gasteiger partial charge on any atom is 0.244 e. The minimum absolute atomic E-state index is 0.206. The van der Waals surface area contributed by atoms with Crippen LogP contribution in [0.15, 0.2) is 17.6 Å². The molecule has 1 aromatic heterocycles. The first kappa shape index (κ1) is 9.08. The lowest BCUT2D eigenvalue weighted by Crippen LogP contribution is -2.31. The van der Waals surface area contributed by atoms with Gasteiger partial charge in [-0.1, -0.05) is 11.8 Å². The van der Waals surface area contributed by atoms with Crippen LogP contribution in [-0.4, -0.2) is 21.2 Å². The highest BCUT2D eigenvalue weighted by Crippen LogP contribution is 2.12. The van der Waals surface area contributed by atoms with Crippen LogP contribution in [0, 0.1) is 0 Å². The van der Waals surface area contributed by atoms with Crippen molar-refractivity contribution in [1.82, 2.24) is 15.0 Å². The Labute approximate surface area is 74.3 Å². The number of hydrazine groups is 1. The topological polar surface area (TPSA) is 72.9 Å². The molecule has 0 unspecified atom stereocenters. The highest BCUT2D eigenvalue weighted by Gasteiger charge is 2.03. The van der Waals surface area contributed by atoms with Crippen molar-refractivity contribution in [3.8, 4) is 0 Å². The number of hydrogen-bond donors (Lipinski definition) is 2. The van der Waals surface area contributed by atoms with Crippen molar-refractivity contribution in [2.24, 2.45) is 12.9 Å². The third-order valence-electron chi connectivity index (χ3n) is 1.27. The van der Waals surface area contributed by atoms with Gasteiger partial charge < -0.3 is 4.57 Å². The minimum Gasteiger partial charge on any atom is -0.329 e. The summed E-state index contributed by atoms with van der Waals surface area (Å²) in [5, 5.41) is 0.804. The summed E-state index contributed by atoms with van der Waals surface area (Å²) in [6.45, 7) is 0. The van der Waals surface area contributed by atoms with Gasteiger partial charge in [0, 0.05) is 19.4 Å². The molecular weight excluding hydrogens is 176 g/mol. The molecule has 0 bridgehead atoms. The average Bonchev–Trinajstić information content (AvgIpc) is 2.47. The van der Waals surface area contributed by atoms with E-state index in [-0.39, 0.29) is 5.91 Å². The standard InChI is InChI=1S/C6H10N4OS/c1-10-3-2-8-6(10)12-4-5(11)9-7/h2-3H,4,7H2,1H3,(H,9,11). The van der Waals surface area contributed by atoms with E-state index in [0.717, 1.165) is 5.16 Å². The van der Waals surface area contributed by atoms with E-state index in [2.05, 4.69) is 10.4 Å². The summed E-state index contributed by atoms with van der Waals surface area (Å²) in [6, 6.07) is 0. The molecule has 1 aromatic rings. The van der Waals surface area contributed by atoms with Gasteiger partial charge in [0.15, 0.2) is 5.16 Å². The Morgan fingerprint density at radius 3 is 3.17 bits per heavy atom. The smallest absolute Gasteiger partial charge is 0.244 e. The van der Waals surface area contributed by atoms with Gasteiger partial charge in [-0.2, -0.15) is 0 Å². The summed E-state index contributed by atoms with van der Waals surface area (Å²) < 4.78 is 1.84. The van der Waals surface area contributed by atoms with Crippen LogP contribution < -0.4 is 11.3 Å². The van der Waals surface area contributed by atoms with E-state index in [4.69, 9.17) is 5.84 Å². The number of carbonyl (C=O) groups is 1. The molecule has 0 saturated carbocycles. The Hall–Kier alpha value is -1.01. The van der Waals surface area contributed by atoms with E-state index < -0.39 is 0 Å². The summed E-state index contributed by atoms with van der Waals surface area (Å²) in [5.74, 6) is 5.00. The maximum atomic E-state index is 10.7. The van der Waals surface area contributed by atoms with E-state index in [1.54, 1.807) is 6.20 Å². The zero-order valence-electron chi connectivity index (χ0n) is 6.65. The molecule has 3 N–H and O–H groups in total. The van der Waals surface area contributed by atoms with Gasteiger partial charge in [-0.25, -0.2) is 10.8 Å². The Kier molecular flexibility index (Phi) is 3.12. The predicted octanol–water partition coefficient (Wildman–Crippen LogP) is -0.498. The van der Waals surface area contributed by atoms with Gasteiger partial charge in [-0.3, -0.25) is 10.2 Å². The quantitative estimate of drug-likeness (QED) is 0.289. The van der Waals surface area contributed by atoms with Crippen molar-refractivity contribution in [3.05, 3.63) is 12.4 Å². The van der Waals surface area contributed by atoms with Crippen molar-refractivity contribution in [1.29, 1.82) is 0 Å². The third-order valence-corrected chi connectivity index (χ3v) is 2.33. The second-order valence-electron chi connectivity index (χ2n) is 2.18. The SMILES string of the molecule is Cn1ccnc1SCC(=O)NN. The highest BCUT2D eigenvalue weighted by molar-refractivity contribution is 7.99. The molecule has 0 atom stereocenters. The van der Waals surface area contributed by atoms with Crippen LogP contribution in [0.2, 0.25) is 0 Å². The number of aromatic nitrogens is 2. The van der Waals surface area contributed by atoms with E-state index in [1.165, 1.54) is 11.8 Å². The van der Waals surface area contributed by atoms with Crippen LogP contribution in [0.5, 0.6) is 0 Å². The number of imidazole rings is 1. The summed E-state index contributed by atoms with van der Waals surface area (Å²) in [5.41, 5.74) is 2.05. The van der Waals surface area contributed by atoms with E-state index in [0.29, 0.717) is 5.75 Å². The number of nitrogens with one attached hydrogen (secondary N) is 1. The summed E-state index contributed by atoms with van der Waals surface area (Å²) >= 11 is 1.35. The molecule has 0 aliphatic heterocycles. The zero-order valence-corrected chi connectivity index (χ0v) is 7.47. The van der Waals surface area contributed by atoms with Crippen LogP contribution >= 0.6 is 11.8 Å². The zero-order chi connectivity index (χ0) is 8.97. The average molecular weight is 186 g/mol. The van der Waals surface area contributed by atoms with Crippen molar-refractivity contribution in [2.75, 3.05) is 5.75 Å². The van der Waals surface area contributed by atoms with E-state index in [9.17, 15) is 4.79 Å². The van der Waals surface area contributed by atoms with Crippen molar-refractivity contribution >= 4 is 17.7 Å². The second kappa shape index (κ2) is 4.13. The Balaban J connectivity index is 2.43. The fourth-order valence-electron chi connectivity index (χ4n) is 0.663. The monoisotopic (exact) mass is 186 g/mol. The van der Waals surface area contributed by atoms with Gasteiger partial charge in [0.25, 0.3) is 0 Å². The number of amides is 1. The molecule has 1 heterocycles. The largest absolute Gasteiger partial charge is 0.329 e. The molecule has 5 nitrogen and oxygen atoms in total. The molecule has 12 heavy (non-hydrogen) atoms. The van der Waals surface area contributed by atoms with Gasteiger partial charge in [0.2, 0.25) is 5.91 Å². The van der Waals surface area contributed by atoms with Crippen LogP contribution in [-0.2, 0) is 11.8 Å². The molecule has 1 amide bonds. The highest BCUT2D eigenvalue weighted by atomic mass is 32.2. The normalized spacial score (nSPS) is 9.83. The van der Waals surface area contributed by atoms with E-state index >= 15 is 0 Å². The van der Waals surface area contributed by atoms with Crippen LogP contribution in [0.4, 0.5) is 0 Å². The molecule has 0 aliphatic rings. The van der Waals surface area contributed by atoms with Gasteiger partial charge in [0.05, 0.1) is 5.75 Å². The molecule has 6 heteroatoms. The minimum atomic E-state index is -0.206. The molecule has 0 radical (unpaired) electrons. The Morgan fingerprint density at radius 2 is 2.67 bits per heavy atom. The number of nitrogens with zero attached hydrogens (tertiary/aromatic N) is 2. The van der Waals surface area contributed by atoms with Gasteiger partial charge >= 0.3 is 0 Å². The first-order chi connectivity index (χ1) is 5.74. The first-order valence-corrected chi connectivity index (χ1v) is 4.32. The number of thioether (sulfide) groups is 1. The molecule has 0 saturated heterocycles. The maximum absolute atomic E-state index is 10.7. The number of nitrogens with two attached hydrogens (primary N) is 1. The van der Waals surface area contributed by atoms with E-state index in [1.807, 2.05) is 17.8 Å². The number of rotatable bonds is 3. The van der Waals surface area contributed by atoms with Crippen molar-refractivity contribution < 1.29 is 4.79 Å². The molecular formula is C6H10N4OS. The lowest BCUT2D eigenvalue weighted by molar-refractivity contribution is -0.118. The lowest BCUT2D eigenvalue weighted by Gasteiger charge is -1.99. The Bertz CT molecular complexity index is 272. The van der Waals surface area contributed by atoms with Gasteiger partial charge in [-0.05, 0) is 0 Å². The number of carbonyl (C=O) groups excluding carboxylic acids is 1. The van der Waals surface area contributed by atoms with Crippen molar-refractivity contribution in [2.45, 2.75) is 5.16 Å². The van der Waals surface area contributed by atoms with Crippen molar-refractivity contribution in [3.63, 3.8) is 0 Å². The van der Waals surface area contributed by atoms with Gasteiger partial charge in [0.1, 0.15) is 0 Å². The fraction of sp³-hybridized carbons (Fsp3) is 0.333. The molecule has 66 valence electrons. The summed E-state index contributed by atoms with van der Waals surface area (Å²) in [4.78, 5) is 14.8. The second-order valence-corrected chi connectivity index (χ2v) is 3.12. The molecule has 0 aromatic carbocycles. The Morgan fingerprint density at radius 1 is 1.92 bits per heavy atom. The number of aryl methyl sites for hydroxylation is 1. The van der Waals surface area contributed by atoms with Gasteiger partial charge in [-0.15, -0.1) is 0 Å². The molecule has 0 fully saturated rings. The molecule has 1 rings (SSSR count). The lowest BCUT2D eigenvalue weighted by atomic mass is 10.8. The van der Waals surface area contributed by atoms with Crippen LogP contribution in [0.1, 0.15) is 0 Å². The number of hydrogen-bond acceptors (Lipinski definition) is 4.